The van der Waals surface area contributed by atoms with Crippen molar-refractivity contribution < 1.29 is 18.7 Å². The monoisotopic (exact) mass is 341 g/mol. The molecule has 1 amide bonds. The maximum absolute atomic E-state index is 13.0. The number of Topliss-reactive ketones (excluding diaryl/α,β-unsaturated/α-hetero) is 1. The molecule has 2 aromatic carbocycles. The standard InChI is InChI=1S/C20H20FNO3/c21-17-10-8-15(9-11-17)20(24)16-5-4-12-22(13-16)19(23)14-25-18-6-2-1-3-7-18/h1-3,6-11,16H,4-5,12-14H2. The zero-order chi connectivity index (χ0) is 17.6. The first-order valence-electron chi connectivity index (χ1n) is 8.39. The number of carbonyl (C=O) groups is 2. The minimum Gasteiger partial charge on any atom is -0.484 e. The highest BCUT2D eigenvalue weighted by Gasteiger charge is 2.29. The van der Waals surface area contributed by atoms with E-state index in [0.717, 1.165) is 12.8 Å². The molecule has 0 radical (unpaired) electrons. The maximum Gasteiger partial charge on any atom is 0.260 e. The Morgan fingerprint density at radius 3 is 2.52 bits per heavy atom. The van der Waals surface area contributed by atoms with Crippen molar-refractivity contribution in [3.8, 4) is 5.75 Å². The molecule has 5 heteroatoms. The predicted octanol–water partition coefficient (Wildman–Crippen LogP) is 3.33. The van der Waals surface area contributed by atoms with Gasteiger partial charge in [0.25, 0.3) is 5.91 Å². The molecule has 1 fully saturated rings. The van der Waals surface area contributed by atoms with Gasteiger partial charge in [-0.25, -0.2) is 4.39 Å². The molecular formula is C20H20FNO3. The topological polar surface area (TPSA) is 46.6 Å². The van der Waals surface area contributed by atoms with Crippen LogP contribution >= 0.6 is 0 Å². The Labute approximate surface area is 146 Å². The lowest BCUT2D eigenvalue weighted by molar-refractivity contribution is -0.134. The number of rotatable bonds is 5. The lowest BCUT2D eigenvalue weighted by Gasteiger charge is -2.32. The highest BCUT2D eigenvalue weighted by Crippen LogP contribution is 2.21. The average Bonchev–Trinajstić information content (AvgIpc) is 2.67. The van der Waals surface area contributed by atoms with Crippen molar-refractivity contribution in [2.24, 2.45) is 5.92 Å². The van der Waals surface area contributed by atoms with Crippen molar-refractivity contribution >= 4 is 11.7 Å². The number of hydrogen-bond donors (Lipinski definition) is 0. The fourth-order valence-electron chi connectivity index (χ4n) is 3.02. The zero-order valence-electron chi connectivity index (χ0n) is 13.9. The van der Waals surface area contributed by atoms with Gasteiger partial charge in [0.15, 0.2) is 12.4 Å². The van der Waals surface area contributed by atoms with Gasteiger partial charge in [-0.05, 0) is 49.2 Å². The molecule has 1 saturated heterocycles. The summed E-state index contributed by atoms with van der Waals surface area (Å²) in [6.45, 7) is 0.971. The van der Waals surface area contributed by atoms with Crippen LogP contribution in [0.5, 0.6) is 5.75 Å². The number of ether oxygens (including phenoxy) is 1. The third kappa shape index (κ3) is 4.44. The second-order valence-corrected chi connectivity index (χ2v) is 6.15. The summed E-state index contributed by atoms with van der Waals surface area (Å²) < 4.78 is 18.5. The Morgan fingerprint density at radius 2 is 1.80 bits per heavy atom. The summed E-state index contributed by atoms with van der Waals surface area (Å²) in [5.74, 6) is -0.135. The molecule has 2 aromatic rings. The molecule has 0 aromatic heterocycles. The summed E-state index contributed by atoms with van der Waals surface area (Å²) in [6.07, 6.45) is 1.51. The van der Waals surface area contributed by atoms with E-state index < -0.39 is 0 Å². The maximum atomic E-state index is 13.0. The van der Waals surface area contributed by atoms with Gasteiger partial charge in [0.1, 0.15) is 11.6 Å². The van der Waals surface area contributed by atoms with E-state index in [4.69, 9.17) is 4.74 Å². The molecule has 1 heterocycles. The number of carbonyl (C=O) groups excluding carboxylic acids is 2. The first-order valence-corrected chi connectivity index (χ1v) is 8.39. The average molecular weight is 341 g/mol. The smallest absolute Gasteiger partial charge is 0.260 e. The lowest BCUT2D eigenvalue weighted by atomic mass is 9.90. The summed E-state index contributed by atoms with van der Waals surface area (Å²) in [6, 6.07) is 14.7. The lowest BCUT2D eigenvalue weighted by Crippen LogP contribution is -2.44. The molecule has 0 saturated carbocycles. The number of benzene rings is 2. The highest BCUT2D eigenvalue weighted by molar-refractivity contribution is 5.98. The molecule has 0 spiro atoms. The third-order valence-electron chi connectivity index (χ3n) is 4.38. The van der Waals surface area contributed by atoms with Gasteiger partial charge in [-0.3, -0.25) is 9.59 Å². The van der Waals surface area contributed by atoms with Gasteiger partial charge in [0.05, 0.1) is 0 Å². The van der Waals surface area contributed by atoms with Crippen molar-refractivity contribution in [2.75, 3.05) is 19.7 Å². The molecule has 1 aliphatic heterocycles. The van der Waals surface area contributed by atoms with Gasteiger partial charge in [0.2, 0.25) is 0 Å². The highest BCUT2D eigenvalue weighted by atomic mass is 19.1. The van der Waals surface area contributed by atoms with Crippen molar-refractivity contribution in [3.05, 3.63) is 66.0 Å². The third-order valence-corrected chi connectivity index (χ3v) is 4.38. The van der Waals surface area contributed by atoms with E-state index >= 15 is 0 Å². The van der Waals surface area contributed by atoms with Crippen LogP contribution in [0.2, 0.25) is 0 Å². The van der Waals surface area contributed by atoms with Crippen molar-refractivity contribution in [1.29, 1.82) is 0 Å². The van der Waals surface area contributed by atoms with Crippen molar-refractivity contribution in [3.63, 3.8) is 0 Å². The van der Waals surface area contributed by atoms with Crippen LogP contribution in [0.4, 0.5) is 4.39 Å². The number of ketones is 1. The van der Waals surface area contributed by atoms with Gasteiger partial charge in [-0.15, -0.1) is 0 Å². The van der Waals surface area contributed by atoms with E-state index in [9.17, 15) is 14.0 Å². The molecule has 130 valence electrons. The molecule has 1 aliphatic rings. The summed E-state index contributed by atoms with van der Waals surface area (Å²) in [4.78, 5) is 26.6. The fourth-order valence-corrected chi connectivity index (χ4v) is 3.02. The largest absolute Gasteiger partial charge is 0.484 e. The van der Waals surface area contributed by atoms with Crippen LogP contribution in [0.1, 0.15) is 23.2 Å². The van der Waals surface area contributed by atoms with Gasteiger partial charge in [-0.1, -0.05) is 18.2 Å². The molecule has 1 atom stereocenters. The molecule has 4 nitrogen and oxygen atoms in total. The van der Waals surface area contributed by atoms with E-state index in [-0.39, 0.29) is 30.0 Å². The molecule has 1 unspecified atom stereocenters. The van der Waals surface area contributed by atoms with E-state index in [1.165, 1.54) is 24.3 Å². The van der Waals surface area contributed by atoms with E-state index in [2.05, 4.69) is 0 Å². The normalized spacial score (nSPS) is 17.2. The SMILES string of the molecule is O=C(c1ccc(F)cc1)C1CCCN(C(=O)COc2ccccc2)C1. The minimum atomic E-state index is -0.366. The van der Waals surface area contributed by atoms with Crippen LogP contribution in [0.3, 0.4) is 0 Å². The number of para-hydroxylation sites is 1. The van der Waals surface area contributed by atoms with E-state index in [1.807, 2.05) is 18.2 Å². The summed E-state index contributed by atoms with van der Waals surface area (Å²) >= 11 is 0. The van der Waals surface area contributed by atoms with Crippen LogP contribution in [0, 0.1) is 11.7 Å². The number of likely N-dealkylation sites (tertiary alicyclic amines) is 1. The molecular weight excluding hydrogens is 321 g/mol. The van der Waals surface area contributed by atoms with E-state index in [1.54, 1.807) is 17.0 Å². The molecule has 0 bridgehead atoms. The fraction of sp³-hybridized carbons (Fsp3) is 0.300. The van der Waals surface area contributed by atoms with Crippen LogP contribution in [-0.4, -0.2) is 36.3 Å². The second-order valence-electron chi connectivity index (χ2n) is 6.15. The molecule has 3 rings (SSSR count). The Hall–Kier alpha value is -2.69. The Bertz CT molecular complexity index is 730. The number of hydrogen-bond acceptors (Lipinski definition) is 3. The Morgan fingerprint density at radius 1 is 1.08 bits per heavy atom. The number of nitrogens with zero attached hydrogens (tertiary/aromatic N) is 1. The number of amides is 1. The van der Waals surface area contributed by atoms with E-state index in [0.29, 0.717) is 24.4 Å². The van der Waals surface area contributed by atoms with Gasteiger partial charge in [-0.2, -0.15) is 0 Å². The van der Waals surface area contributed by atoms with Crippen LogP contribution in [0.25, 0.3) is 0 Å². The van der Waals surface area contributed by atoms with Gasteiger partial charge in [0, 0.05) is 24.6 Å². The second kappa shape index (κ2) is 7.92. The summed E-state index contributed by atoms with van der Waals surface area (Å²) in [5, 5.41) is 0. The Kier molecular flexibility index (Phi) is 5.43. The first-order chi connectivity index (χ1) is 12.1. The Balaban J connectivity index is 1.57. The van der Waals surface area contributed by atoms with Crippen molar-refractivity contribution in [2.45, 2.75) is 12.8 Å². The van der Waals surface area contributed by atoms with Crippen molar-refractivity contribution in [1.82, 2.24) is 4.90 Å². The number of halogens is 1. The summed E-state index contributed by atoms with van der Waals surface area (Å²) in [7, 11) is 0. The zero-order valence-corrected chi connectivity index (χ0v) is 13.9. The van der Waals surface area contributed by atoms with Gasteiger partial charge >= 0.3 is 0 Å². The minimum absolute atomic E-state index is 0.0402. The quantitative estimate of drug-likeness (QED) is 0.784. The van der Waals surface area contributed by atoms with Crippen LogP contribution < -0.4 is 4.74 Å². The molecule has 25 heavy (non-hydrogen) atoms. The van der Waals surface area contributed by atoms with Gasteiger partial charge < -0.3 is 9.64 Å². The molecule has 0 N–H and O–H groups in total. The molecule has 0 aliphatic carbocycles. The predicted molar refractivity (Wildman–Crippen MR) is 92.0 cm³/mol. The first kappa shape index (κ1) is 17.1. The van der Waals surface area contributed by atoms with Crippen LogP contribution in [0.15, 0.2) is 54.6 Å². The summed E-state index contributed by atoms with van der Waals surface area (Å²) in [5.41, 5.74) is 0.487. The van der Waals surface area contributed by atoms with Crippen LogP contribution in [-0.2, 0) is 4.79 Å². The number of piperidine rings is 1.